The van der Waals surface area contributed by atoms with Crippen LogP contribution in [-0.2, 0) is 4.74 Å². The minimum atomic E-state index is 0.661. The second-order valence-corrected chi connectivity index (χ2v) is 5.90. The zero-order chi connectivity index (χ0) is 12.6. The van der Waals surface area contributed by atoms with E-state index in [1.54, 1.807) is 0 Å². The highest BCUT2D eigenvalue weighted by molar-refractivity contribution is 4.82. The summed E-state index contributed by atoms with van der Waals surface area (Å²) in [6.07, 6.45) is 12.2. The standard InChI is InChI=1S/C15H30N2O/c16-10-6-11-17(15-9-5-12-18-13-15)14-7-3-1-2-4-8-14/h14-15H,1-13,16H2. The SMILES string of the molecule is NCCCN(C1CCCCCC1)C1CCCOC1. The van der Waals surface area contributed by atoms with E-state index in [0.717, 1.165) is 32.2 Å². The first kappa shape index (κ1) is 14.3. The fourth-order valence-electron chi connectivity index (χ4n) is 3.51. The molecule has 1 atom stereocenters. The highest BCUT2D eigenvalue weighted by Gasteiger charge is 2.27. The minimum absolute atomic E-state index is 0.661. The first-order valence-corrected chi connectivity index (χ1v) is 7.95. The third-order valence-corrected chi connectivity index (χ3v) is 4.52. The number of hydrogen-bond donors (Lipinski definition) is 1. The van der Waals surface area contributed by atoms with E-state index in [-0.39, 0.29) is 0 Å². The summed E-state index contributed by atoms with van der Waals surface area (Å²) >= 11 is 0. The summed E-state index contributed by atoms with van der Waals surface area (Å²) in [7, 11) is 0. The van der Waals surface area contributed by atoms with Crippen molar-refractivity contribution in [1.82, 2.24) is 4.90 Å². The molecule has 0 bridgehead atoms. The Kier molecular flexibility index (Phi) is 6.46. The van der Waals surface area contributed by atoms with Crippen LogP contribution in [0.4, 0.5) is 0 Å². The van der Waals surface area contributed by atoms with E-state index in [2.05, 4.69) is 4.90 Å². The normalized spacial score (nSPS) is 27.3. The quantitative estimate of drug-likeness (QED) is 0.766. The molecule has 2 rings (SSSR count). The van der Waals surface area contributed by atoms with Crippen molar-refractivity contribution in [1.29, 1.82) is 0 Å². The molecule has 0 radical (unpaired) electrons. The minimum Gasteiger partial charge on any atom is -0.380 e. The number of ether oxygens (including phenoxy) is 1. The van der Waals surface area contributed by atoms with Crippen LogP contribution in [0.15, 0.2) is 0 Å². The molecule has 2 aliphatic rings. The van der Waals surface area contributed by atoms with Gasteiger partial charge in [0.25, 0.3) is 0 Å². The molecule has 3 nitrogen and oxygen atoms in total. The molecule has 18 heavy (non-hydrogen) atoms. The van der Waals surface area contributed by atoms with E-state index in [0.29, 0.717) is 6.04 Å². The van der Waals surface area contributed by atoms with Gasteiger partial charge in [0.05, 0.1) is 6.61 Å². The van der Waals surface area contributed by atoms with Gasteiger partial charge in [-0.1, -0.05) is 25.7 Å². The molecule has 0 aromatic rings. The Morgan fingerprint density at radius 3 is 2.28 bits per heavy atom. The number of hydrogen-bond acceptors (Lipinski definition) is 3. The van der Waals surface area contributed by atoms with Crippen LogP contribution >= 0.6 is 0 Å². The van der Waals surface area contributed by atoms with Crippen LogP contribution in [0.25, 0.3) is 0 Å². The number of nitrogens with two attached hydrogens (primary N) is 1. The van der Waals surface area contributed by atoms with Gasteiger partial charge in [-0.3, -0.25) is 4.90 Å². The van der Waals surface area contributed by atoms with Crippen LogP contribution < -0.4 is 5.73 Å². The average Bonchev–Trinajstić information content (AvgIpc) is 2.70. The first-order valence-electron chi connectivity index (χ1n) is 7.95. The molecule has 1 saturated heterocycles. The van der Waals surface area contributed by atoms with E-state index in [1.165, 1.54) is 57.9 Å². The van der Waals surface area contributed by atoms with Crippen molar-refractivity contribution in [3.05, 3.63) is 0 Å². The molecular formula is C15H30N2O. The lowest BCUT2D eigenvalue weighted by atomic mass is 10.0. The summed E-state index contributed by atoms with van der Waals surface area (Å²) in [4.78, 5) is 2.75. The lowest BCUT2D eigenvalue weighted by Gasteiger charge is -2.39. The van der Waals surface area contributed by atoms with E-state index in [1.807, 2.05) is 0 Å². The van der Waals surface area contributed by atoms with Crippen LogP contribution in [0.5, 0.6) is 0 Å². The molecule has 0 spiro atoms. The molecule has 1 aliphatic heterocycles. The van der Waals surface area contributed by atoms with Crippen LogP contribution in [0, 0.1) is 0 Å². The molecule has 0 amide bonds. The maximum atomic E-state index is 5.71. The van der Waals surface area contributed by atoms with E-state index in [9.17, 15) is 0 Å². The second-order valence-electron chi connectivity index (χ2n) is 5.90. The number of nitrogens with zero attached hydrogens (tertiary/aromatic N) is 1. The van der Waals surface area contributed by atoms with Crippen LogP contribution in [0.2, 0.25) is 0 Å². The lowest BCUT2D eigenvalue weighted by molar-refractivity contribution is -0.00327. The van der Waals surface area contributed by atoms with Crippen molar-refractivity contribution < 1.29 is 4.74 Å². The van der Waals surface area contributed by atoms with Crippen LogP contribution in [0.1, 0.15) is 57.8 Å². The molecule has 0 aromatic heterocycles. The van der Waals surface area contributed by atoms with Crippen molar-refractivity contribution in [2.45, 2.75) is 69.9 Å². The van der Waals surface area contributed by atoms with E-state index in [4.69, 9.17) is 10.5 Å². The molecule has 0 aromatic carbocycles. The molecular weight excluding hydrogens is 224 g/mol. The highest BCUT2D eigenvalue weighted by atomic mass is 16.5. The van der Waals surface area contributed by atoms with Gasteiger partial charge in [0.2, 0.25) is 0 Å². The maximum Gasteiger partial charge on any atom is 0.0621 e. The number of rotatable bonds is 5. The summed E-state index contributed by atoms with van der Waals surface area (Å²) in [5.41, 5.74) is 5.71. The summed E-state index contributed by atoms with van der Waals surface area (Å²) in [5.74, 6) is 0. The molecule has 1 aliphatic carbocycles. The summed E-state index contributed by atoms with van der Waals surface area (Å²) in [6.45, 7) is 3.90. The van der Waals surface area contributed by atoms with E-state index < -0.39 is 0 Å². The monoisotopic (exact) mass is 254 g/mol. The predicted molar refractivity (Wildman–Crippen MR) is 75.7 cm³/mol. The summed E-state index contributed by atoms with van der Waals surface area (Å²) in [5, 5.41) is 0. The van der Waals surface area contributed by atoms with Gasteiger partial charge in [-0.15, -0.1) is 0 Å². The van der Waals surface area contributed by atoms with Gasteiger partial charge < -0.3 is 10.5 Å². The highest BCUT2D eigenvalue weighted by Crippen LogP contribution is 2.26. The fraction of sp³-hybridized carbons (Fsp3) is 1.00. The smallest absolute Gasteiger partial charge is 0.0621 e. The van der Waals surface area contributed by atoms with Crippen LogP contribution in [0.3, 0.4) is 0 Å². The zero-order valence-electron chi connectivity index (χ0n) is 11.8. The molecule has 106 valence electrons. The third-order valence-electron chi connectivity index (χ3n) is 4.52. The second kappa shape index (κ2) is 8.13. The van der Waals surface area contributed by atoms with E-state index >= 15 is 0 Å². The maximum absolute atomic E-state index is 5.71. The first-order chi connectivity index (χ1) is 8.92. The van der Waals surface area contributed by atoms with Crippen molar-refractivity contribution in [2.75, 3.05) is 26.3 Å². The van der Waals surface area contributed by atoms with Gasteiger partial charge in [0.15, 0.2) is 0 Å². The van der Waals surface area contributed by atoms with Gasteiger partial charge in [0, 0.05) is 25.2 Å². The van der Waals surface area contributed by atoms with Crippen LogP contribution in [-0.4, -0.2) is 43.3 Å². The summed E-state index contributed by atoms with van der Waals surface area (Å²) < 4.78 is 5.69. The van der Waals surface area contributed by atoms with Crippen molar-refractivity contribution in [3.8, 4) is 0 Å². The van der Waals surface area contributed by atoms with Crippen molar-refractivity contribution in [3.63, 3.8) is 0 Å². The molecule has 2 fully saturated rings. The molecule has 1 saturated carbocycles. The average molecular weight is 254 g/mol. The Bertz CT molecular complexity index is 209. The largest absolute Gasteiger partial charge is 0.380 e. The lowest BCUT2D eigenvalue weighted by Crippen LogP contribution is -2.47. The predicted octanol–water partition coefficient (Wildman–Crippen LogP) is 2.54. The Balaban J connectivity index is 1.92. The Labute approximate surface area is 112 Å². The summed E-state index contributed by atoms with van der Waals surface area (Å²) in [6, 6.07) is 1.46. The van der Waals surface area contributed by atoms with Gasteiger partial charge >= 0.3 is 0 Å². The van der Waals surface area contributed by atoms with Gasteiger partial charge in [-0.25, -0.2) is 0 Å². The topological polar surface area (TPSA) is 38.5 Å². The van der Waals surface area contributed by atoms with Crippen molar-refractivity contribution >= 4 is 0 Å². The van der Waals surface area contributed by atoms with Gasteiger partial charge in [-0.2, -0.15) is 0 Å². The van der Waals surface area contributed by atoms with Gasteiger partial charge in [0.1, 0.15) is 0 Å². The third kappa shape index (κ3) is 4.22. The Morgan fingerprint density at radius 2 is 1.67 bits per heavy atom. The fourth-order valence-corrected chi connectivity index (χ4v) is 3.51. The molecule has 2 N–H and O–H groups in total. The Hall–Kier alpha value is -0.120. The zero-order valence-corrected chi connectivity index (χ0v) is 11.8. The van der Waals surface area contributed by atoms with Crippen molar-refractivity contribution in [2.24, 2.45) is 5.73 Å². The van der Waals surface area contributed by atoms with Gasteiger partial charge in [-0.05, 0) is 38.6 Å². The molecule has 3 heteroatoms. The molecule has 1 unspecified atom stereocenters. The Morgan fingerprint density at radius 1 is 0.944 bits per heavy atom. The molecule has 1 heterocycles.